The second-order valence-corrected chi connectivity index (χ2v) is 5.58. The highest BCUT2D eigenvalue weighted by molar-refractivity contribution is 7.99. The van der Waals surface area contributed by atoms with Crippen LogP contribution >= 0.6 is 11.8 Å². The number of nitrogens with zero attached hydrogens (tertiary/aromatic N) is 2. The maximum absolute atomic E-state index is 12.5. The minimum absolute atomic E-state index is 0.0154. The Morgan fingerprint density at radius 3 is 2.96 bits per heavy atom. The van der Waals surface area contributed by atoms with Crippen LogP contribution in [0, 0.1) is 6.92 Å². The first kappa shape index (κ1) is 15.4. The molecule has 1 aromatic carbocycles. The van der Waals surface area contributed by atoms with E-state index in [-0.39, 0.29) is 22.4 Å². The van der Waals surface area contributed by atoms with Gasteiger partial charge >= 0.3 is 0 Å². The molecule has 1 N–H and O–H groups in total. The maximum atomic E-state index is 12.5. The Morgan fingerprint density at radius 1 is 1.35 bits per heavy atom. The molecule has 0 saturated heterocycles. The van der Waals surface area contributed by atoms with E-state index in [9.17, 15) is 13.6 Å². The van der Waals surface area contributed by atoms with Crippen LogP contribution in [0.5, 0.6) is 0 Å². The van der Waals surface area contributed by atoms with Crippen molar-refractivity contribution >= 4 is 34.5 Å². The van der Waals surface area contributed by atoms with Gasteiger partial charge in [-0.1, -0.05) is 0 Å². The number of pyridine rings is 1. The van der Waals surface area contributed by atoms with E-state index in [2.05, 4.69) is 15.3 Å². The van der Waals surface area contributed by atoms with Crippen LogP contribution in [-0.4, -0.2) is 21.6 Å². The molecule has 23 heavy (non-hydrogen) atoms. The number of anilines is 1. The molecule has 8 heteroatoms. The van der Waals surface area contributed by atoms with Gasteiger partial charge in [0.05, 0.1) is 5.56 Å². The first-order valence-corrected chi connectivity index (χ1v) is 7.49. The zero-order valence-corrected chi connectivity index (χ0v) is 12.7. The number of aryl methyl sites for hydroxylation is 1. The Morgan fingerprint density at radius 2 is 2.17 bits per heavy atom. The third-order valence-electron chi connectivity index (χ3n) is 2.97. The lowest BCUT2D eigenvalue weighted by atomic mass is 10.2. The Hall–Kier alpha value is -2.48. The molecule has 2 heterocycles. The van der Waals surface area contributed by atoms with Gasteiger partial charge in [0.25, 0.3) is 11.7 Å². The maximum Gasteiger partial charge on any atom is 0.290 e. The van der Waals surface area contributed by atoms with E-state index in [1.165, 1.54) is 18.3 Å². The number of amides is 1. The molecule has 3 rings (SSSR count). The molecule has 0 aliphatic heterocycles. The first-order chi connectivity index (χ1) is 11.0. The second-order valence-electron chi connectivity index (χ2n) is 4.60. The standard InChI is InChI=1S/C15H11F2N3O2S/c1-8-19-11-7-9(4-5-12(11)22-8)20-13(21)10-3-2-6-18-14(10)23-15(16)17/h2-7,15H,1H3,(H,20,21). The van der Waals surface area contributed by atoms with Crippen molar-refractivity contribution in [2.24, 2.45) is 0 Å². The van der Waals surface area contributed by atoms with Crippen molar-refractivity contribution in [2.45, 2.75) is 17.7 Å². The number of oxazole rings is 1. The molecule has 0 spiro atoms. The SMILES string of the molecule is Cc1nc2cc(NC(=O)c3cccnc3SC(F)F)ccc2o1. The summed E-state index contributed by atoms with van der Waals surface area (Å²) in [6.07, 6.45) is 1.37. The second kappa shape index (κ2) is 6.33. The third kappa shape index (κ3) is 3.48. The number of hydrogen-bond acceptors (Lipinski definition) is 5. The molecule has 3 aromatic rings. The number of alkyl halides is 2. The summed E-state index contributed by atoms with van der Waals surface area (Å²) < 4.78 is 30.4. The number of nitrogens with one attached hydrogen (secondary N) is 1. The molecule has 0 aliphatic carbocycles. The van der Waals surface area contributed by atoms with E-state index in [1.54, 1.807) is 25.1 Å². The van der Waals surface area contributed by atoms with Crippen molar-refractivity contribution in [3.63, 3.8) is 0 Å². The van der Waals surface area contributed by atoms with Crippen LogP contribution in [0.2, 0.25) is 0 Å². The number of fused-ring (bicyclic) bond motifs is 1. The fourth-order valence-electron chi connectivity index (χ4n) is 2.06. The lowest BCUT2D eigenvalue weighted by molar-refractivity contribution is 0.102. The Kier molecular flexibility index (Phi) is 4.24. The molecule has 0 atom stereocenters. The van der Waals surface area contributed by atoms with Crippen molar-refractivity contribution in [1.82, 2.24) is 9.97 Å². The van der Waals surface area contributed by atoms with Gasteiger partial charge in [0.2, 0.25) is 0 Å². The number of halogens is 2. The first-order valence-electron chi connectivity index (χ1n) is 6.61. The third-order valence-corrected chi connectivity index (χ3v) is 3.70. The van der Waals surface area contributed by atoms with Crippen LogP contribution in [0.15, 0.2) is 46.0 Å². The quantitative estimate of drug-likeness (QED) is 0.727. The molecule has 0 bridgehead atoms. The van der Waals surface area contributed by atoms with Gasteiger partial charge in [-0.3, -0.25) is 4.79 Å². The summed E-state index contributed by atoms with van der Waals surface area (Å²) in [6.45, 7) is 1.72. The van der Waals surface area contributed by atoms with Crippen LogP contribution in [-0.2, 0) is 0 Å². The highest BCUT2D eigenvalue weighted by atomic mass is 32.2. The van der Waals surface area contributed by atoms with Gasteiger partial charge in [-0.25, -0.2) is 9.97 Å². The Bertz CT molecular complexity index is 867. The molecular weight excluding hydrogens is 324 g/mol. The van der Waals surface area contributed by atoms with Gasteiger partial charge in [-0.2, -0.15) is 8.78 Å². The predicted octanol–water partition coefficient (Wildman–Crippen LogP) is 4.10. The minimum atomic E-state index is -2.65. The normalized spacial score (nSPS) is 11.1. The zero-order chi connectivity index (χ0) is 16.4. The lowest BCUT2D eigenvalue weighted by Gasteiger charge is -2.08. The molecule has 0 radical (unpaired) electrons. The fourth-order valence-corrected chi connectivity index (χ4v) is 2.64. The van der Waals surface area contributed by atoms with Crippen LogP contribution in [0.4, 0.5) is 14.5 Å². The predicted molar refractivity (Wildman–Crippen MR) is 82.8 cm³/mol. The highest BCUT2D eigenvalue weighted by Crippen LogP contribution is 2.27. The van der Waals surface area contributed by atoms with Crippen LogP contribution < -0.4 is 5.32 Å². The van der Waals surface area contributed by atoms with E-state index in [4.69, 9.17) is 4.42 Å². The smallest absolute Gasteiger partial charge is 0.290 e. The van der Waals surface area contributed by atoms with Crippen LogP contribution in [0.25, 0.3) is 11.1 Å². The molecule has 0 aliphatic rings. The summed E-state index contributed by atoms with van der Waals surface area (Å²) in [4.78, 5) is 20.3. The highest BCUT2D eigenvalue weighted by Gasteiger charge is 2.17. The number of thioether (sulfide) groups is 1. The topological polar surface area (TPSA) is 68.0 Å². The van der Waals surface area contributed by atoms with Gasteiger partial charge in [-0.15, -0.1) is 0 Å². The average molecular weight is 335 g/mol. The molecule has 2 aromatic heterocycles. The monoisotopic (exact) mass is 335 g/mol. The van der Waals surface area contributed by atoms with Gasteiger partial charge in [0, 0.05) is 18.8 Å². The number of hydrogen-bond donors (Lipinski definition) is 1. The lowest BCUT2D eigenvalue weighted by Crippen LogP contribution is -2.13. The van der Waals surface area contributed by atoms with Gasteiger partial charge < -0.3 is 9.73 Å². The Labute approximate surface area is 134 Å². The van der Waals surface area contributed by atoms with E-state index in [0.717, 1.165) is 0 Å². The number of benzene rings is 1. The molecule has 0 fully saturated rings. The number of aromatic nitrogens is 2. The number of carbonyl (C=O) groups excluding carboxylic acids is 1. The van der Waals surface area contributed by atoms with Crippen molar-refractivity contribution in [3.05, 3.63) is 48.0 Å². The molecule has 5 nitrogen and oxygen atoms in total. The largest absolute Gasteiger partial charge is 0.441 e. The van der Waals surface area contributed by atoms with E-state index in [0.29, 0.717) is 22.7 Å². The molecular formula is C15H11F2N3O2S. The summed E-state index contributed by atoms with van der Waals surface area (Å²) in [5.74, 6) is -2.64. The summed E-state index contributed by atoms with van der Waals surface area (Å²) in [6, 6.07) is 7.96. The fraction of sp³-hybridized carbons (Fsp3) is 0.133. The van der Waals surface area contributed by atoms with Gasteiger partial charge in [-0.05, 0) is 42.1 Å². The van der Waals surface area contributed by atoms with E-state index >= 15 is 0 Å². The molecule has 1 amide bonds. The van der Waals surface area contributed by atoms with E-state index < -0.39 is 11.7 Å². The van der Waals surface area contributed by atoms with Crippen molar-refractivity contribution in [1.29, 1.82) is 0 Å². The van der Waals surface area contributed by atoms with Crippen LogP contribution in [0.3, 0.4) is 0 Å². The summed E-state index contributed by atoms with van der Waals surface area (Å²) >= 11 is 0.237. The average Bonchev–Trinajstić information content (AvgIpc) is 2.86. The van der Waals surface area contributed by atoms with Crippen molar-refractivity contribution in [2.75, 3.05) is 5.32 Å². The minimum Gasteiger partial charge on any atom is -0.441 e. The molecule has 0 unspecified atom stereocenters. The van der Waals surface area contributed by atoms with Crippen LogP contribution in [0.1, 0.15) is 16.2 Å². The number of carbonyl (C=O) groups is 1. The van der Waals surface area contributed by atoms with Gasteiger partial charge in [0.1, 0.15) is 10.5 Å². The summed E-state index contributed by atoms with van der Waals surface area (Å²) in [7, 11) is 0. The number of rotatable bonds is 4. The molecule has 118 valence electrons. The Balaban J connectivity index is 1.85. The van der Waals surface area contributed by atoms with Crippen molar-refractivity contribution in [3.8, 4) is 0 Å². The van der Waals surface area contributed by atoms with E-state index in [1.807, 2.05) is 0 Å². The zero-order valence-electron chi connectivity index (χ0n) is 11.9. The van der Waals surface area contributed by atoms with Crippen molar-refractivity contribution < 1.29 is 18.0 Å². The summed E-state index contributed by atoms with van der Waals surface area (Å²) in [5.41, 5.74) is 1.80. The van der Waals surface area contributed by atoms with Gasteiger partial charge in [0.15, 0.2) is 11.5 Å². The molecule has 0 saturated carbocycles. The summed E-state index contributed by atoms with van der Waals surface area (Å²) in [5, 5.41) is 2.64.